The molecule has 1 saturated heterocycles. The molecule has 0 spiro atoms. The maximum absolute atomic E-state index is 11.9. The lowest BCUT2D eigenvalue weighted by atomic mass is 10.0. The van der Waals surface area contributed by atoms with Gasteiger partial charge in [-0.15, -0.1) is 0 Å². The van der Waals surface area contributed by atoms with Crippen molar-refractivity contribution in [1.82, 2.24) is 4.98 Å². The fraction of sp³-hybridized carbons (Fsp3) is 0.455. The van der Waals surface area contributed by atoms with E-state index in [1.165, 1.54) is 0 Å². The summed E-state index contributed by atoms with van der Waals surface area (Å²) in [5.74, 6) is -0.360. The van der Waals surface area contributed by atoms with Gasteiger partial charge in [0.15, 0.2) is 0 Å². The first-order chi connectivity index (χ1) is 7.68. The van der Waals surface area contributed by atoms with Gasteiger partial charge in [-0.25, -0.2) is 0 Å². The summed E-state index contributed by atoms with van der Waals surface area (Å²) in [6.07, 6.45) is 3.32. The van der Waals surface area contributed by atoms with Gasteiger partial charge in [0.1, 0.15) is 0 Å². The van der Waals surface area contributed by atoms with Crippen molar-refractivity contribution < 1.29 is 9.53 Å². The van der Waals surface area contributed by atoms with Gasteiger partial charge in [-0.05, 0) is 18.6 Å². The summed E-state index contributed by atoms with van der Waals surface area (Å²) in [6.45, 7) is 2.76. The second-order valence-electron chi connectivity index (χ2n) is 3.99. The number of nitrogens with two attached hydrogens (primary N) is 1. The van der Waals surface area contributed by atoms with Gasteiger partial charge in [-0.1, -0.05) is 0 Å². The van der Waals surface area contributed by atoms with Crippen molar-refractivity contribution in [2.45, 2.75) is 13.0 Å². The van der Waals surface area contributed by atoms with Crippen molar-refractivity contribution in [2.24, 2.45) is 11.7 Å². The zero-order valence-electron chi connectivity index (χ0n) is 9.14. The highest BCUT2D eigenvalue weighted by Gasteiger charge is 2.31. The molecule has 2 atom stereocenters. The molecule has 1 aliphatic heterocycles. The Hall–Kier alpha value is -1.46. The fourth-order valence-electron chi connectivity index (χ4n) is 1.66. The van der Waals surface area contributed by atoms with Crippen LogP contribution in [0.2, 0.25) is 0 Å². The molecule has 1 aliphatic rings. The Morgan fingerprint density at radius 1 is 1.62 bits per heavy atom. The summed E-state index contributed by atoms with van der Waals surface area (Å²) < 4.78 is 5.16. The van der Waals surface area contributed by atoms with Crippen molar-refractivity contribution in [1.29, 1.82) is 0 Å². The summed E-state index contributed by atoms with van der Waals surface area (Å²) in [6, 6.07) is 1.64. The van der Waals surface area contributed by atoms with Crippen LogP contribution in [0.4, 0.5) is 5.69 Å². The van der Waals surface area contributed by atoms with Gasteiger partial charge in [0.25, 0.3) is 0 Å². The van der Waals surface area contributed by atoms with Crippen LogP contribution >= 0.6 is 0 Å². The van der Waals surface area contributed by atoms with Crippen LogP contribution in [0.5, 0.6) is 0 Å². The van der Waals surface area contributed by atoms with Crippen LogP contribution in [-0.4, -0.2) is 30.1 Å². The third kappa shape index (κ3) is 2.20. The van der Waals surface area contributed by atoms with Crippen LogP contribution in [-0.2, 0) is 9.53 Å². The summed E-state index contributed by atoms with van der Waals surface area (Å²) >= 11 is 0. The second kappa shape index (κ2) is 4.59. The number of hydrogen-bond donors (Lipinski definition) is 2. The van der Waals surface area contributed by atoms with E-state index in [0.717, 1.165) is 11.3 Å². The molecule has 1 amide bonds. The molecule has 2 rings (SSSR count). The largest absolute Gasteiger partial charge is 0.379 e. The molecule has 86 valence electrons. The van der Waals surface area contributed by atoms with Crippen LogP contribution in [0.25, 0.3) is 0 Å². The quantitative estimate of drug-likeness (QED) is 0.753. The van der Waals surface area contributed by atoms with Crippen LogP contribution in [0.3, 0.4) is 0 Å². The summed E-state index contributed by atoms with van der Waals surface area (Å²) in [7, 11) is 0. The van der Waals surface area contributed by atoms with Gasteiger partial charge in [-0.2, -0.15) is 0 Å². The Labute approximate surface area is 94.0 Å². The second-order valence-corrected chi connectivity index (χ2v) is 3.99. The van der Waals surface area contributed by atoms with Crippen LogP contribution in [0.15, 0.2) is 18.5 Å². The van der Waals surface area contributed by atoms with E-state index in [2.05, 4.69) is 10.3 Å². The number of hydrogen-bond acceptors (Lipinski definition) is 4. The average molecular weight is 221 g/mol. The number of ether oxygens (including phenoxy) is 1. The summed E-state index contributed by atoms with van der Waals surface area (Å²) in [5.41, 5.74) is 7.48. The number of nitrogens with one attached hydrogen (secondary N) is 1. The monoisotopic (exact) mass is 221 g/mol. The molecule has 2 unspecified atom stereocenters. The van der Waals surface area contributed by atoms with Crippen LogP contribution in [0.1, 0.15) is 5.56 Å². The van der Waals surface area contributed by atoms with Gasteiger partial charge in [-0.3, -0.25) is 9.78 Å². The van der Waals surface area contributed by atoms with Gasteiger partial charge < -0.3 is 15.8 Å². The molecular weight excluding hydrogens is 206 g/mol. The molecule has 0 aromatic carbocycles. The SMILES string of the molecule is Cc1ccncc1NC(=O)C1COCC1N. The van der Waals surface area contributed by atoms with E-state index in [-0.39, 0.29) is 17.9 Å². The summed E-state index contributed by atoms with van der Waals surface area (Å²) in [5, 5.41) is 2.82. The van der Waals surface area contributed by atoms with E-state index in [4.69, 9.17) is 10.5 Å². The highest BCUT2D eigenvalue weighted by atomic mass is 16.5. The smallest absolute Gasteiger partial charge is 0.231 e. The van der Waals surface area contributed by atoms with Crippen LogP contribution in [0, 0.1) is 12.8 Å². The molecular formula is C11H15N3O2. The third-order valence-electron chi connectivity index (χ3n) is 2.76. The number of aryl methyl sites for hydroxylation is 1. The molecule has 0 saturated carbocycles. The topological polar surface area (TPSA) is 77.2 Å². The zero-order chi connectivity index (χ0) is 11.5. The molecule has 2 heterocycles. The van der Waals surface area contributed by atoms with Crippen molar-refractivity contribution in [2.75, 3.05) is 18.5 Å². The molecule has 1 fully saturated rings. The van der Waals surface area contributed by atoms with Gasteiger partial charge in [0.05, 0.1) is 31.0 Å². The van der Waals surface area contributed by atoms with E-state index in [9.17, 15) is 4.79 Å². The Balaban J connectivity index is 2.05. The maximum Gasteiger partial charge on any atom is 0.231 e. The lowest BCUT2D eigenvalue weighted by Crippen LogP contribution is -2.37. The Kier molecular flexibility index (Phi) is 3.17. The molecule has 1 aromatic rings. The van der Waals surface area contributed by atoms with E-state index in [1.54, 1.807) is 12.4 Å². The average Bonchev–Trinajstić information content (AvgIpc) is 2.68. The lowest BCUT2D eigenvalue weighted by Gasteiger charge is -2.14. The standard InChI is InChI=1S/C11H15N3O2/c1-7-2-3-13-4-10(7)14-11(15)8-5-16-6-9(8)12/h2-4,8-9H,5-6,12H2,1H3,(H,14,15). The molecule has 3 N–H and O–H groups in total. The lowest BCUT2D eigenvalue weighted by molar-refractivity contribution is -0.120. The number of aromatic nitrogens is 1. The van der Waals surface area contributed by atoms with E-state index in [1.807, 2.05) is 13.0 Å². The summed E-state index contributed by atoms with van der Waals surface area (Å²) in [4.78, 5) is 15.8. The molecule has 0 bridgehead atoms. The zero-order valence-corrected chi connectivity index (χ0v) is 9.14. The first kappa shape index (κ1) is 11.0. The number of rotatable bonds is 2. The molecule has 1 aromatic heterocycles. The third-order valence-corrected chi connectivity index (χ3v) is 2.76. The molecule has 0 aliphatic carbocycles. The van der Waals surface area contributed by atoms with E-state index in [0.29, 0.717) is 13.2 Å². The first-order valence-corrected chi connectivity index (χ1v) is 5.23. The van der Waals surface area contributed by atoms with Gasteiger partial charge >= 0.3 is 0 Å². The first-order valence-electron chi connectivity index (χ1n) is 5.23. The Bertz CT molecular complexity index is 395. The van der Waals surface area contributed by atoms with Crippen molar-refractivity contribution in [3.8, 4) is 0 Å². The van der Waals surface area contributed by atoms with Crippen molar-refractivity contribution >= 4 is 11.6 Å². The normalized spacial score (nSPS) is 24.4. The van der Waals surface area contributed by atoms with Gasteiger partial charge in [0, 0.05) is 12.2 Å². The molecule has 5 nitrogen and oxygen atoms in total. The number of amides is 1. The highest BCUT2D eigenvalue weighted by molar-refractivity contribution is 5.93. The number of pyridine rings is 1. The minimum absolute atomic E-state index is 0.0962. The van der Waals surface area contributed by atoms with Crippen molar-refractivity contribution in [3.05, 3.63) is 24.0 Å². The number of anilines is 1. The van der Waals surface area contributed by atoms with Crippen molar-refractivity contribution in [3.63, 3.8) is 0 Å². The van der Waals surface area contributed by atoms with E-state index >= 15 is 0 Å². The number of nitrogens with zero attached hydrogens (tertiary/aromatic N) is 1. The Morgan fingerprint density at radius 3 is 3.06 bits per heavy atom. The number of carbonyl (C=O) groups excluding carboxylic acids is 1. The van der Waals surface area contributed by atoms with Gasteiger partial charge in [0.2, 0.25) is 5.91 Å². The Morgan fingerprint density at radius 2 is 2.44 bits per heavy atom. The fourth-order valence-corrected chi connectivity index (χ4v) is 1.66. The maximum atomic E-state index is 11.9. The minimum atomic E-state index is -0.264. The predicted octanol–water partition coefficient (Wildman–Crippen LogP) is 0.302. The van der Waals surface area contributed by atoms with E-state index < -0.39 is 0 Å². The molecule has 0 radical (unpaired) electrons. The minimum Gasteiger partial charge on any atom is -0.379 e. The predicted molar refractivity (Wildman–Crippen MR) is 59.9 cm³/mol. The number of carbonyl (C=O) groups is 1. The molecule has 16 heavy (non-hydrogen) atoms. The van der Waals surface area contributed by atoms with Crippen LogP contribution < -0.4 is 11.1 Å². The molecule has 5 heteroatoms. The highest BCUT2D eigenvalue weighted by Crippen LogP contribution is 2.17.